The molecule has 2 nitrogen and oxygen atoms in total. The maximum absolute atomic E-state index is 6.00. The average Bonchev–Trinajstić information content (AvgIpc) is 2.14. The van der Waals surface area contributed by atoms with E-state index in [9.17, 15) is 0 Å². The number of hydrogen-bond acceptors (Lipinski definition) is 2. The Labute approximate surface area is 85.1 Å². The Balaban J connectivity index is 1.76. The first-order chi connectivity index (χ1) is 6.86. The second-order valence-corrected chi connectivity index (χ2v) is 3.98. The maximum atomic E-state index is 6.00. The zero-order valence-corrected chi connectivity index (χ0v) is 8.36. The third-order valence-corrected chi connectivity index (χ3v) is 2.94. The van der Waals surface area contributed by atoms with Crippen molar-refractivity contribution in [3.63, 3.8) is 0 Å². The molecule has 2 heteroatoms. The first-order valence-corrected chi connectivity index (χ1v) is 5.29. The van der Waals surface area contributed by atoms with Crippen molar-refractivity contribution >= 4 is 0 Å². The fraction of sp³-hybridized carbons (Fsp3) is 0.500. The molecule has 0 radical (unpaired) electrons. The van der Waals surface area contributed by atoms with Gasteiger partial charge >= 0.3 is 0 Å². The van der Waals surface area contributed by atoms with Crippen molar-refractivity contribution < 1.29 is 4.74 Å². The lowest BCUT2D eigenvalue weighted by molar-refractivity contribution is 0.189. The van der Waals surface area contributed by atoms with E-state index in [2.05, 4.69) is 0 Å². The van der Waals surface area contributed by atoms with Gasteiger partial charge in [0.05, 0.1) is 0 Å². The number of benzene rings is 1. The van der Waals surface area contributed by atoms with Crippen LogP contribution in [0.5, 0.6) is 5.75 Å². The van der Waals surface area contributed by atoms with E-state index in [1.165, 1.54) is 19.3 Å². The monoisotopic (exact) mass is 191 g/mol. The number of ether oxygens (including phenoxy) is 1. The summed E-state index contributed by atoms with van der Waals surface area (Å²) in [5.41, 5.74) is 6.00. The lowest BCUT2D eigenvalue weighted by Crippen LogP contribution is -2.39. The molecule has 0 heterocycles. The third-order valence-electron chi connectivity index (χ3n) is 2.94. The van der Waals surface area contributed by atoms with Gasteiger partial charge in [0.25, 0.3) is 0 Å². The highest BCUT2D eigenvalue weighted by Gasteiger charge is 2.24. The molecule has 14 heavy (non-hydrogen) atoms. The highest BCUT2D eigenvalue weighted by Crippen LogP contribution is 2.28. The Morgan fingerprint density at radius 1 is 1.29 bits per heavy atom. The Hall–Kier alpha value is -1.02. The summed E-state index contributed by atoms with van der Waals surface area (Å²) in [5.74, 6) is 1.61. The van der Waals surface area contributed by atoms with Crippen molar-refractivity contribution in [3.05, 3.63) is 30.3 Å². The molecule has 76 valence electrons. The Bertz CT molecular complexity index is 269. The van der Waals surface area contributed by atoms with Crippen LogP contribution in [0.15, 0.2) is 30.3 Å². The molecule has 1 atom stereocenters. The smallest absolute Gasteiger partial charge is 0.119 e. The molecule has 0 amide bonds. The largest absolute Gasteiger partial charge is 0.492 e. The normalized spacial score (nSPS) is 18.6. The maximum Gasteiger partial charge on any atom is 0.119 e. The van der Waals surface area contributed by atoms with Crippen LogP contribution in [0.4, 0.5) is 0 Å². The van der Waals surface area contributed by atoms with Gasteiger partial charge in [0.15, 0.2) is 0 Å². The van der Waals surface area contributed by atoms with Crippen molar-refractivity contribution in [1.29, 1.82) is 0 Å². The molecule has 0 aliphatic heterocycles. The minimum absolute atomic E-state index is 0.212. The molecule has 1 aromatic carbocycles. The van der Waals surface area contributed by atoms with Crippen molar-refractivity contribution in [2.75, 3.05) is 6.61 Å². The molecule has 0 spiro atoms. The molecule has 1 saturated carbocycles. The molecule has 0 aromatic heterocycles. The van der Waals surface area contributed by atoms with E-state index in [1.54, 1.807) is 0 Å². The van der Waals surface area contributed by atoms with Crippen LogP contribution in [0.1, 0.15) is 19.3 Å². The van der Waals surface area contributed by atoms with Crippen molar-refractivity contribution in [1.82, 2.24) is 0 Å². The highest BCUT2D eigenvalue weighted by atomic mass is 16.5. The quantitative estimate of drug-likeness (QED) is 0.791. The van der Waals surface area contributed by atoms with Gasteiger partial charge in [-0.15, -0.1) is 0 Å². The molecule has 1 aromatic rings. The molecule has 1 aliphatic carbocycles. The van der Waals surface area contributed by atoms with Gasteiger partial charge in [0.1, 0.15) is 12.4 Å². The number of rotatable bonds is 4. The SMILES string of the molecule is NC(COc1ccccc1)C1CCC1. The summed E-state index contributed by atoms with van der Waals surface area (Å²) in [5, 5.41) is 0. The molecular formula is C12H17NO. The Morgan fingerprint density at radius 2 is 2.00 bits per heavy atom. The number of para-hydroxylation sites is 1. The van der Waals surface area contributed by atoms with Gasteiger partial charge in [-0.05, 0) is 30.9 Å². The summed E-state index contributed by atoms with van der Waals surface area (Å²) in [4.78, 5) is 0. The summed E-state index contributed by atoms with van der Waals surface area (Å²) >= 11 is 0. The zero-order chi connectivity index (χ0) is 9.80. The van der Waals surface area contributed by atoms with Crippen LogP contribution < -0.4 is 10.5 Å². The van der Waals surface area contributed by atoms with Crippen LogP contribution in [0.3, 0.4) is 0 Å². The van der Waals surface area contributed by atoms with E-state index in [-0.39, 0.29) is 6.04 Å². The number of hydrogen-bond donors (Lipinski definition) is 1. The first-order valence-electron chi connectivity index (χ1n) is 5.29. The highest BCUT2D eigenvalue weighted by molar-refractivity contribution is 5.20. The van der Waals surface area contributed by atoms with Crippen LogP contribution >= 0.6 is 0 Å². The van der Waals surface area contributed by atoms with Crippen LogP contribution in [0, 0.1) is 5.92 Å². The lowest BCUT2D eigenvalue weighted by Gasteiger charge is -2.30. The van der Waals surface area contributed by atoms with Gasteiger partial charge in [-0.1, -0.05) is 24.6 Å². The predicted octanol–water partition coefficient (Wildman–Crippen LogP) is 2.19. The van der Waals surface area contributed by atoms with E-state index in [0.29, 0.717) is 12.5 Å². The standard InChI is InChI=1S/C12H17NO/c13-12(10-5-4-6-10)9-14-11-7-2-1-3-8-11/h1-3,7-8,10,12H,4-6,9,13H2. The van der Waals surface area contributed by atoms with E-state index in [1.807, 2.05) is 30.3 Å². The lowest BCUT2D eigenvalue weighted by atomic mass is 9.80. The van der Waals surface area contributed by atoms with Gasteiger partial charge in [-0.25, -0.2) is 0 Å². The molecule has 2 N–H and O–H groups in total. The Kier molecular flexibility index (Phi) is 3.04. The van der Waals surface area contributed by atoms with Crippen LogP contribution in [0.25, 0.3) is 0 Å². The summed E-state index contributed by atoms with van der Waals surface area (Å²) in [6.07, 6.45) is 3.89. The van der Waals surface area contributed by atoms with Gasteiger partial charge in [0, 0.05) is 6.04 Å². The fourth-order valence-electron chi connectivity index (χ4n) is 1.71. The van der Waals surface area contributed by atoms with Crippen LogP contribution in [0.2, 0.25) is 0 Å². The second-order valence-electron chi connectivity index (χ2n) is 3.98. The Morgan fingerprint density at radius 3 is 2.57 bits per heavy atom. The van der Waals surface area contributed by atoms with E-state index < -0.39 is 0 Å². The van der Waals surface area contributed by atoms with Crippen LogP contribution in [-0.4, -0.2) is 12.6 Å². The summed E-state index contributed by atoms with van der Waals surface area (Å²) in [6.45, 7) is 0.648. The van der Waals surface area contributed by atoms with E-state index in [0.717, 1.165) is 5.75 Å². The number of nitrogens with two attached hydrogens (primary N) is 1. The topological polar surface area (TPSA) is 35.2 Å². The molecular weight excluding hydrogens is 174 g/mol. The predicted molar refractivity (Wildman–Crippen MR) is 57.3 cm³/mol. The molecule has 1 aliphatic rings. The molecule has 0 bridgehead atoms. The van der Waals surface area contributed by atoms with Crippen LogP contribution in [-0.2, 0) is 0 Å². The first kappa shape index (κ1) is 9.53. The summed E-state index contributed by atoms with van der Waals surface area (Å²) in [6, 6.07) is 10.1. The molecule has 0 saturated heterocycles. The molecule has 1 fully saturated rings. The zero-order valence-electron chi connectivity index (χ0n) is 8.36. The van der Waals surface area contributed by atoms with Gasteiger partial charge < -0.3 is 10.5 Å². The summed E-state index contributed by atoms with van der Waals surface area (Å²) in [7, 11) is 0. The minimum Gasteiger partial charge on any atom is -0.492 e. The summed E-state index contributed by atoms with van der Waals surface area (Å²) < 4.78 is 5.60. The molecule has 2 rings (SSSR count). The fourth-order valence-corrected chi connectivity index (χ4v) is 1.71. The third kappa shape index (κ3) is 2.26. The van der Waals surface area contributed by atoms with Crippen molar-refractivity contribution in [3.8, 4) is 5.75 Å². The van der Waals surface area contributed by atoms with Crippen molar-refractivity contribution in [2.45, 2.75) is 25.3 Å². The van der Waals surface area contributed by atoms with E-state index >= 15 is 0 Å². The molecule has 1 unspecified atom stereocenters. The van der Waals surface area contributed by atoms with Gasteiger partial charge in [0.2, 0.25) is 0 Å². The minimum atomic E-state index is 0.212. The van der Waals surface area contributed by atoms with Crippen molar-refractivity contribution in [2.24, 2.45) is 11.7 Å². The second kappa shape index (κ2) is 4.47. The average molecular weight is 191 g/mol. The van der Waals surface area contributed by atoms with E-state index in [4.69, 9.17) is 10.5 Å². The van der Waals surface area contributed by atoms with Gasteiger partial charge in [-0.3, -0.25) is 0 Å². The van der Waals surface area contributed by atoms with Gasteiger partial charge in [-0.2, -0.15) is 0 Å².